The van der Waals surface area contributed by atoms with Crippen molar-refractivity contribution in [1.29, 1.82) is 0 Å². The molecule has 0 radical (unpaired) electrons. The minimum absolute atomic E-state index is 0.0124. The number of carboxylic acid groups (broad SMARTS) is 1. The molecule has 1 N–H and O–H groups in total. The number of carboxylic acids is 1. The van der Waals surface area contributed by atoms with Gasteiger partial charge >= 0.3 is 5.97 Å². The van der Waals surface area contributed by atoms with Gasteiger partial charge in [-0.25, -0.2) is 0 Å². The summed E-state index contributed by atoms with van der Waals surface area (Å²) in [6.45, 7) is 5.92. The van der Waals surface area contributed by atoms with E-state index in [1.54, 1.807) is 4.57 Å². The fourth-order valence-corrected chi connectivity index (χ4v) is 3.43. The maximum atomic E-state index is 11.1. The Labute approximate surface area is 72.3 Å². The molecule has 0 aromatic carbocycles. The first kappa shape index (κ1) is 9.25. The van der Waals surface area contributed by atoms with Crippen LogP contribution in [-0.2, 0) is 9.59 Å². The SMILES string of the molecule is C[Si](C)(C)N1C(=O)CC1C(=O)O. The van der Waals surface area contributed by atoms with Crippen LogP contribution in [0.4, 0.5) is 0 Å². The first-order chi connectivity index (χ1) is 5.34. The van der Waals surface area contributed by atoms with E-state index in [1.807, 2.05) is 19.6 Å². The zero-order chi connectivity index (χ0) is 9.52. The molecule has 1 unspecified atom stereocenters. The predicted octanol–water partition coefficient (Wildman–Crippen LogP) is 0.507. The molecule has 0 aromatic heterocycles. The van der Waals surface area contributed by atoms with Gasteiger partial charge in [-0.1, -0.05) is 19.6 Å². The van der Waals surface area contributed by atoms with Crippen LogP contribution in [0.2, 0.25) is 19.6 Å². The molecule has 1 amide bonds. The Kier molecular flexibility index (Phi) is 1.99. The largest absolute Gasteiger partial charge is 0.480 e. The molecule has 68 valence electrons. The van der Waals surface area contributed by atoms with Crippen molar-refractivity contribution in [2.24, 2.45) is 0 Å². The van der Waals surface area contributed by atoms with Gasteiger partial charge in [0, 0.05) is 0 Å². The second kappa shape index (κ2) is 2.58. The van der Waals surface area contributed by atoms with Crippen LogP contribution in [0.15, 0.2) is 0 Å². The number of carbonyl (C=O) groups excluding carboxylic acids is 1. The monoisotopic (exact) mass is 187 g/mol. The van der Waals surface area contributed by atoms with E-state index < -0.39 is 20.2 Å². The van der Waals surface area contributed by atoms with Crippen LogP contribution in [0.1, 0.15) is 6.42 Å². The van der Waals surface area contributed by atoms with E-state index in [9.17, 15) is 9.59 Å². The average molecular weight is 187 g/mol. The number of amides is 1. The number of rotatable bonds is 2. The standard InChI is InChI=1S/C7H13NO3Si/c1-12(2,3)8-5(7(10)11)4-6(8)9/h5H,4H2,1-3H3,(H,10,11). The smallest absolute Gasteiger partial charge is 0.326 e. The van der Waals surface area contributed by atoms with Crippen molar-refractivity contribution in [3.63, 3.8) is 0 Å². The van der Waals surface area contributed by atoms with Crippen molar-refractivity contribution < 1.29 is 14.7 Å². The van der Waals surface area contributed by atoms with Gasteiger partial charge < -0.3 is 9.67 Å². The number of carbonyl (C=O) groups is 2. The Morgan fingerprint density at radius 3 is 2.25 bits per heavy atom. The maximum absolute atomic E-state index is 11.1. The number of hydrogen-bond donors (Lipinski definition) is 1. The van der Waals surface area contributed by atoms with Gasteiger partial charge in [0.15, 0.2) is 8.24 Å². The summed E-state index contributed by atoms with van der Waals surface area (Å²) in [6.07, 6.45) is 0.180. The van der Waals surface area contributed by atoms with Gasteiger partial charge in [0.25, 0.3) is 0 Å². The summed E-state index contributed by atoms with van der Waals surface area (Å²) in [6, 6.07) is -0.552. The van der Waals surface area contributed by atoms with Gasteiger partial charge in [-0.15, -0.1) is 0 Å². The molecule has 0 bridgehead atoms. The quantitative estimate of drug-likeness (QED) is 0.506. The molecule has 1 fully saturated rings. The van der Waals surface area contributed by atoms with E-state index in [-0.39, 0.29) is 12.3 Å². The van der Waals surface area contributed by atoms with Gasteiger partial charge in [0.1, 0.15) is 6.04 Å². The lowest BCUT2D eigenvalue weighted by molar-refractivity contribution is -0.156. The van der Waals surface area contributed by atoms with Crippen molar-refractivity contribution in [1.82, 2.24) is 4.57 Å². The van der Waals surface area contributed by atoms with Crippen LogP contribution in [-0.4, -0.2) is 35.8 Å². The van der Waals surface area contributed by atoms with Gasteiger partial charge in [0.2, 0.25) is 5.91 Å². The predicted molar refractivity (Wildman–Crippen MR) is 46.2 cm³/mol. The molecule has 1 heterocycles. The third-order valence-electron chi connectivity index (χ3n) is 1.96. The number of nitrogens with zero attached hydrogens (tertiary/aromatic N) is 1. The molecule has 1 rings (SSSR count). The minimum atomic E-state index is -1.76. The minimum Gasteiger partial charge on any atom is -0.480 e. The first-order valence-corrected chi connectivity index (χ1v) is 7.33. The molecule has 12 heavy (non-hydrogen) atoms. The van der Waals surface area contributed by atoms with Gasteiger partial charge in [-0.05, 0) is 0 Å². The van der Waals surface area contributed by atoms with Crippen molar-refractivity contribution in [3.05, 3.63) is 0 Å². The first-order valence-electron chi connectivity index (χ1n) is 3.89. The van der Waals surface area contributed by atoms with Crippen LogP contribution in [0.5, 0.6) is 0 Å². The molecule has 1 aliphatic heterocycles. The zero-order valence-electron chi connectivity index (χ0n) is 7.50. The molecule has 1 aliphatic rings. The summed E-state index contributed by atoms with van der Waals surface area (Å²) in [7, 11) is -1.76. The van der Waals surface area contributed by atoms with E-state index in [0.717, 1.165) is 0 Å². The second-order valence-corrected chi connectivity index (χ2v) is 8.82. The lowest BCUT2D eigenvalue weighted by atomic mass is 10.1. The fourth-order valence-electron chi connectivity index (χ4n) is 1.46. The van der Waals surface area contributed by atoms with Crippen LogP contribution in [0.25, 0.3) is 0 Å². The molecule has 0 saturated carbocycles. The van der Waals surface area contributed by atoms with Crippen LogP contribution in [0.3, 0.4) is 0 Å². The van der Waals surface area contributed by atoms with Gasteiger partial charge in [0.05, 0.1) is 6.42 Å². The summed E-state index contributed by atoms with van der Waals surface area (Å²) >= 11 is 0. The highest BCUT2D eigenvalue weighted by molar-refractivity contribution is 6.76. The summed E-state index contributed by atoms with van der Waals surface area (Å²) in [5, 5.41) is 8.71. The highest BCUT2D eigenvalue weighted by Gasteiger charge is 2.47. The normalized spacial score (nSPS) is 23.8. The molecule has 1 saturated heterocycles. The summed E-state index contributed by atoms with van der Waals surface area (Å²) in [5.41, 5.74) is 0. The van der Waals surface area contributed by atoms with E-state index in [0.29, 0.717) is 0 Å². The van der Waals surface area contributed by atoms with Crippen LogP contribution < -0.4 is 0 Å². The molecule has 0 aliphatic carbocycles. The summed E-state index contributed by atoms with van der Waals surface area (Å²) in [4.78, 5) is 21.7. The van der Waals surface area contributed by atoms with E-state index >= 15 is 0 Å². The Morgan fingerprint density at radius 2 is 2.08 bits per heavy atom. The van der Waals surface area contributed by atoms with Crippen molar-refractivity contribution in [2.75, 3.05) is 0 Å². The topological polar surface area (TPSA) is 57.6 Å². The molecular weight excluding hydrogens is 174 g/mol. The third-order valence-corrected chi connectivity index (χ3v) is 3.96. The highest BCUT2D eigenvalue weighted by atomic mass is 28.3. The van der Waals surface area contributed by atoms with Crippen molar-refractivity contribution >= 4 is 20.1 Å². The third kappa shape index (κ3) is 1.36. The van der Waals surface area contributed by atoms with E-state index in [4.69, 9.17) is 5.11 Å². The Balaban J connectivity index is 2.75. The molecule has 4 nitrogen and oxygen atoms in total. The summed E-state index contributed by atoms with van der Waals surface area (Å²) < 4.78 is 1.55. The van der Waals surface area contributed by atoms with Crippen molar-refractivity contribution in [2.45, 2.75) is 32.1 Å². The van der Waals surface area contributed by atoms with E-state index in [2.05, 4.69) is 0 Å². The van der Waals surface area contributed by atoms with E-state index in [1.165, 1.54) is 0 Å². The molecule has 5 heteroatoms. The maximum Gasteiger partial charge on any atom is 0.326 e. The molecule has 1 atom stereocenters. The van der Waals surface area contributed by atoms with Crippen LogP contribution >= 0.6 is 0 Å². The Morgan fingerprint density at radius 1 is 1.58 bits per heavy atom. The second-order valence-electron chi connectivity index (χ2n) is 3.99. The Hall–Kier alpha value is -0.843. The van der Waals surface area contributed by atoms with Crippen molar-refractivity contribution in [3.8, 4) is 0 Å². The zero-order valence-corrected chi connectivity index (χ0v) is 8.50. The Bertz CT molecular complexity index is 233. The molecular formula is C7H13NO3Si. The van der Waals surface area contributed by atoms with Gasteiger partial charge in [-0.3, -0.25) is 9.59 Å². The average Bonchev–Trinajstić information content (AvgIpc) is 1.77. The summed E-state index contributed by atoms with van der Waals surface area (Å²) in [5.74, 6) is -0.890. The molecule has 0 aromatic rings. The van der Waals surface area contributed by atoms with Gasteiger partial charge in [-0.2, -0.15) is 0 Å². The number of β-lactam (4-membered cyclic amide) rings is 1. The number of aliphatic carboxylic acids is 1. The fraction of sp³-hybridized carbons (Fsp3) is 0.714. The lowest BCUT2D eigenvalue weighted by Crippen LogP contribution is -2.66. The molecule has 0 spiro atoms. The highest BCUT2D eigenvalue weighted by Crippen LogP contribution is 2.26. The van der Waals surface area contributed by atoms with Crippen LogP contribution in [0, 0.1) is 0 Å². The number of hydrogen-bond acceptors (Lipinski definition) is 2. The lowest BCUT2D eigenvalue weighted by Gasteiger charge is -2.46.